The first-order valence-corrected chi connectivity index (χ1v) is 43.4. The lowest BCUT2D eigenvalue weighted by molar-refractivity contribution is -0.161. The number of unbranched alkanes of at least 4 members (excludes halogenated alkanes) is 42. The maximum absolute atomic E-state index is 13.1. The van der Waals surface area contributed by atoms with E-state index in [9.17, 15) is 43.2 Å². The van der Waals surface area contributed by atoms with Crippen LogP contribution in [0.5, 0.6) is 0 Å². The van der Waals surface area contributed by atoms with E-state index in [1.165, 1.54) is 212 Å². The highest BCUT2D eigenvalue weighted by Crippen LogP contribution is 2.45. The number of rotatable bonds is 76. The average Bonchev–Trinajstić information content (AvgIpc) is 1.80. The Bertz CT molecular complexity index is 1890. The number of carbonyl (C=O) groups is 4. The molecule has 0 radical (unpaired) electrons. The number of aliphatic hydroxyl groups is 1. The molecule has 0 aliphatic rings. The van der Waals surface area contributed by atoms with E-state index in [1.54, 1.807) is 0 Å². The van der Waals surface area contributed by atoms with Crippen LogP contribution in [0.15, 0.2) is 0 Å². The summed E-state index contributed by atoms with van der Waals surface area (Å²) >= 11 is 0. The molecule has 0 rings (SSSR count). The first-order chi connectivity index (χ1) is 46.8. The zero-order valence-corrected chi connectivity index (χ0v) is 65.3. The van der Waals surface area contributed by atoms with Gasteiger partial charge >= 0.3 is 39.5 Å². The first kappa shape index (κ1) is 95.1. The van der Waals surface area contributed by atoms with Crippen LogP contribution < -0.4 is 0 Å². The van der Waals surface area contributed by atoms with Crippen molar-refractivity contribution in [3.63, 3.8) is 0 Å². The van der Waals surface area contributed by atoms with Gasteiger partial charge in [-0.1, -0.05) is 350 Å². The molecule has 0 aromatic rings. The van der Waals surface area contributed by atoms with Crippen LogP contribution in [0.2, 0.25) is 0 Å². The summed E-state index contributed by atoms with van der Waals surface area (Å²) in [6.45, 7) is 11.9. The molecule has 0 aliphatic heterocycles. The van der Waals surface area contributed by atoms with Crippen LogP contribution in [0.25, 0.3) is 0 Å². The molecule has 0 spiro atoms. The molecule has 0 aromatic heterocycles. The van der Waals surface area contributed by atoms with Gasteiger partial charge in [-0.25, -0.2) is 9.13 Å². The Balaban J connectivity index is 5.18. The van der Waals surface area contributed by atoms with E-state index in [2.05, 4.69) is 48.5 Å². The Labute approximate surface area is 594 Å². The van der Waals surface area contributed by atoms with Gasteiger partial charge in [0, 0.05) is 25.7 Å². The fourth-order valence-corrected chi connectivity index (χ4v) is 13.5. The summed E-state index contributed by atoms with van der Waals surface area (Å²) in [5, 5.41) is 10.6. The number of ether oxygens (including phenoxy) is 4. The van der Waals surface area contributed by atoms with E-state index < -0.39 is 97.5 Å². The van der Waals surface area contributed by atoms with Gasteiger partial charge in [-0.05, 0) is 43.4 Å². The molecule has 0 aromatic carbocycles. The second-order valence-corrected chi connectivity index (χ2v) is 32.0. The molecule has 17 nitrogen and oxygen atoms in total. The Morgan fingerprint density at radius 2 is 0.526 bits per heavy atom. The van der Waals surface area contributed by atoms with Crippen molar-refractivity contribution >= 4 is 39.5 Å². The molecule has 4 unspecified atom stereocenters. The fourth-order valence-electron chi connectivity index (χ4n) is 11.9. The lowest BCUT2D eigenvalue weighted by atomic mass is 9.99. The van der Waals surface area contributed by atoms with Gasteiger partial charge in [0.2, 0.25) is 0 Å². The number of hydrogen-bond donors (Lipinski definition) is 3. The van der Waals surface area contributed by atoms with Crippen molar-refractivity contribution in [3.8, 4) is 0 Å². The number of hydrogen-bond acceptors (Lipinski definition) is 15. The van der Waals surface area contributed by atoms with E-state index >= 15 is 0 Å². The molecule has 3 N–H and O–H groups in total. The standard InChI is InChI=1S/C78H152O17P2/c1-8-11-12-13-14-30-37-45-52-59-75(80)88-66-74(95-78(83)62-55-48-41-40-44-51-58-71(7)10-3)68-93-97(86,87)91-64-72(79)63-90-96(84,85)92-67-73(65-89-76(81)60-53-46-38-33-28-25-21-22-26-31-35-42-49-56-69(4)5)94-77(82)61-54-47-39-34-29-24-20-18-16-15-17-19-23-27-32-36-43-50-57-70(6)9-2/h69-74,79H,8-68H2,1-7H3,(H,84,85)(H,86,87)/t70?,71?,72-,73-,74-/m1/s1. The molecule has 0 aliphatic carbocycles. The normalized spacial score (nSPS) is 14.6. The molecule has 19 heteroatoms. The van der Waals surface area contributed by atoms with E-state index in [4.69, 9.17) is 37.0 Å². The van der Waals surface area contributed by atoms with Gasteiger partial charge in [0.15, 0.2) is 12.2 Å². The minimum Gasteiger partial charge on any atom is -0.462 e. The van der Waals surface area contributed by atoms with Crippen molar-refractivity contribution < 1.29 is 80.2 Å². The molecule has 97 heavy (non-hydrogen) atoms. The molecule has 0 saturated heterocycles. The van der Waals surface area contributed by atoms with Gasteiger partial charge in [0.1, 0.15) is 19.3 Å². The largest absolute Gasteiger partial charge is 0.472 e. The smallest absolute Gasteiger partial charge is 0.462 e. The molecule has 0 heterocycles. The summed E-state index contributed by atoms with van der Waals surface area (Å²) in [5.74, 6) is 0.263. The third kappa shape index (κ3) is 69.5. The Morgan fingerprint density at radius 3 is 0.784 bits per heavy atom. The second kappa shape index (κ2) is 68.5. The van der Waals surface area contributed by atoms with Gasteiger partial charge in [-0.2, -0.15) is 0 Å². The molecular formula is C78H152O17P2. The predicted molar refractivity (Wildman–Crippen MR) is 395 cm³/mol. The molecule has 0 bridgehead atoms. The van der Waals surface area contributed by atoms with Crippen LogP contribution in [-0.4, -0.2) is 96.7 Å². The summed E-state index contributed by atoms with van der Waals surface area (Å²) < 4.78 is 68.5. The quantitative estimate of drug-likeness (QED) is 0.0222. The topological polar surface area (TPSA) is 237 Å². The van der Waals surface area contributed by atoms with Crippen molar-refractivity contribution in [1.29, 1.82) is 0 Å². The third-order valence-corrected chi connectivity index (χ3v) is 20.8. The van der Waals surface area contributed by atoms with Crippen molar-refractivity contribution in [2.75, 3.05) is 39.6 Å². The van der Waals surface area contributed by atoms with Crippen molar-refractivity contribution in [2.24, 2.45) is 17.8 Å². The first-order valence-electron chi connectivity index (χ1n) is 40.4. The van der Waals surface area contributed by atoms with Crippen molar-refractivity contribution in [3.05, 3.63) is 0 Å². The van der Waals surface area contributed by atoms with Gasteiger partial charge in [0.25, 0.3) is 0 Å². The van der Waals surface area contributed by atoms with E-state index in [1.807, 2.05) is 0 Å². The van der Waals surface area contributed by atoms with E-state index in [0.29, 0.717) is 25.7 Å². The van der Waals surface area contributed by atoms with E-state index in [-0.39, 0.29) is 25.7 Å². The minimum atomic E-state index is -4.96. The highest BCUT2D eigenvalue weighted by atomic mass is 31.2. The van der Waals surface area contributed by atoms with Crippen LogP contribution in [0.4, 0.5) is 0 Å². The molecule has 0 amide bonds. The van der Waals surface area contributed by atoms with Gasteiger partial charge in [-0.15, -0.1) is 0 Å². The van der Waals surface area contributed by atoms with Crippen molar-refractivity contribution in [2.45, 2.75) is 420 Å². The number of phosphoric ester groups is 2. The lowest BCUT2D eigenvalue weighted by Gasteiger charge is -2.21. The maximum atomic E-state index is 13.1. The highest BCUT2D eigenvalue weighted by molar-refractivity contribution is 7.47. The second-order valence-electron chi connectivity index (χ2n) is 29.1. The molecule has 576 valence electrons. The number of carbonyl (C=O) groups excluding carboxylic acids is 4. The van der Waals surface area contributed by atoms with E-state index in [0.717, 1.165) is 108 Å². The SMILES string of the molecule is CCCCCCCCCCCC(=O)OC[C@H](COP(=O)(O)OC[C@H](O)COP(=O)(O)OC[C@@H](COC(=O)CCCCCCCCCCCCCCCC(C)C)OC(=O)CCCCCCCCCCCCCCCCCCCCC(C)CC)OC(=O)CCCCCCCCC(C)CC. The van der Waals surface area contributed by atoms with Crippen LogP contribution in [0.3, 0.4) is 0 Å². The average molecular weight is 1420 g/mol. The van der Waals surface area contributed by atoms with Gasteiger partial charge < -0.3 is 33.8 Å². The van der Waals surface area contributed by atoms with Gasteiger partial charge in [-0.3, -0.25) is 37.3 Å². The van der Waals surface area contributed by atoms with Crippen LogP contribution in [0, 0.1) is 17.8 Å². The van der Waals surface area contributed by atoms with Crippen molar-refractivity contribution in [1.82, 2.24) is 0 Å². The Kier molecular flexibility index (Phi) is 67.1. The summed E-state index contributed by atoms with van der Waals surface area (Å²) in [6.07, 6.45) is 55.6. The summed E-state index contributed by atoms with van der Waals surface area (Å²) in [6, 6.07) is 0. The third-order valence-electron chi connectivity index (χ3n) is 18.9. The summed E-state index contributed by atoms with van der Waals surface area (Å²) in [4.78, 5) is 72.8. The van der Waals surface area contributed by atoms with Crippen LogP contribution >= 0.6 is 15.6 Å². The zero-order valence-electron chi connectivity index (χ0n) is 63.5. The molecule has 7 atom stereocenters. The lowest BCUT2D eigenvalue weighted by Crippen LogP contribution is -2.30. The summed E-state index contributed by atoms with van der Waals surface area (Å²) in [5.41, 5.74) is 0. The molecule has 0 saturated carbocycles. The summed E-state index contributed by atoms with van der Waals surface area (Å²) in [7, 11) is -9.91. The Hall–Kier alpha value is -1.94. The van der Waals surface area contributed by atoms with Crippen LogP contribution in [-0.2, 0) is 65.4 Å². The minimum absolute atomic E-state index is 0.103. The fraction of sp³-hybridized carbons (Fsp3) is 0.949. The number of phosphoric acid groups is 2. The van der Waals surface area contributed by atoms with Crippen LogP contribution in [0.1, 0.15) is 402 Å². The number of aliphatic hydroxyl groups excluding tert-OH is 1. The Morgan fingerprint density at radius 1 is 0.299 bits per heavy atom. The maximum Gasteiger partial charge on any atom is 0.472 e. The zero-order chi connectivity index (χ0) is 71.6. The monoisotopic (exact) mass is 1420 g/mol. The number of esters is 4. The predicted octanol–water partition coefficient (Wildman–Crippen LogP) is 23.0. The highest BCUT2D eigenvalue weighted by Gasteiger charge is 2.30. The molecular weight excluding hydrogens is 1270 g/mol. The molecule has 0 fully saturated rings. The van der Waals surface area contributed by atoms with Gasteiger partial charge in [0.05, 0.1) is 26.4 Å².